The molecule has 6 heteroatoms. The molecule has 1 heterocycles. The number of hydrogen-bond donors (Lipinski definition) is 2. The summed E-state index contributed by atoms with van der Waals surface area (Å²) in [6.07, 6.45) is 0. The lowest BCUT2D eigenvalue weighted by Gasteiger charge is -2.18. The molecule has 1 aromatic heterocycles. The van der Waals surface area contributed by atoms with Crippen LogP contribution in [0.15, 0.2) is 40.9 Å². The molecule has 2 N–H and O–H groups in total. The second-order valence-electron chi connectivity index (χ2n) is 5.16. The van der Waals surface area contributed by atoms with Gasteiger partial charge in [0.05, 0.1) is 6.04 Å². The van der Waals surface area contributed by atoms with E-state index in [4.69, 9.17) is 4.52 Å². The Morgan fingerprint density at radius 1 is 1.14 bits per heavy atom. The van der Waals surface area contributed by atoms with Crippen LogP contribution in [-0.2, 0) is 4.79 Å². The van der Waals surface area contributed by atoms with Gasteiger partial charge in [-0.15, -0.1) is 0 Å². The molecule has 0 aliphatic heterocycles. The van der Waals surface area contributed by atoms with Gasteiger partial charge in [0.15, 0.2) is 5.69 Å². The van der Waals surface area contributed by atoms with Gasteiger partial charge in [0.1, 0.15) is 11.8 Å². The molecule has 0 fully saturated rings. The Kier molecular flexibility index (Phi) is 4.93. The standard InChI is InChI=1S/C16H19N3O3/c1-10-9-14(19-22-10)16(21)18-12(3)15(20)17-11(2)13-7-5-4-6-8-13/h4-9,11-12H,1-3H3,(H,17,20)(H,18,21). The Labute approximate surface area is 128 Å². The third-order valence-corrected chi connectivity index (χ3v) is 3.26. The van der Waals surface area contributed by atoms with Gasteiger partial charge in [-0.1, -0.05) is 35.5 Å². The SMILES string of the molecule is Cc1cc(C(=O)NC(C)C(=O)NC(C)c2ccccc2)no1. The normalized spacial score (nSPS) is 13.2. The molecule has 0 saturated carbocycles. The van der Waals surface area contributed by atoms with Gasteiger partial charge in [-0.05, 0) is 26.3 Å². The Morgan fingerprint density at radius 3 is 2.41 bits per heavy atom. The predicted octanol–water partition coefficient (Wildman–Crippen LogP) is 1.98. The summed E-state index contributed by atoms with van der Waals surface area (Å²) in [6, 6.07) is 10.3. The van der Waals surface area contributed by atoms with Gasteiger partial charge in [0.2, 0.25) is 5.91 Å². The first kappa shape index (κ1) is 15.8. The lowest BCUT2D eigenvalue weighted by Crippen LogP contribution is -2.45. The molecule has 0 bridgehead atoms. The van der Waals surface area contributed by atoms with E-state index in [0.717, 1.165) is 5.56 Å². The Balaban J connectivity index is 1.91. The quantitative estimate of drug-likeness (QED) is 0.884. The fourth-order valence-corrected chi connectivity index (χ4v) is 1.97. The highest BCUT2D eigenvalue weighted by atomic mass is 16.5. The van der Waals surface area contributed by atoms with Crippen molar-refractivity contribution in [1.29, 1.82) is 0 Å². The number of benzene rings is 1. The van der Waals surface area contributed by atoms with Crippen molar-refractivity contribution < 1.29 is 14.1 Å². The van der Waals surface area contributed by atoms with Crippen molar-refractivity contribution in [3.8, 4) is 0 Å². The largest absolute Gasteiger partial charge is 0.361 e. The zero-order valence-electron chi connectivity index (χ0n) is 12.8. The van der Waals surface area contributed by atoms with Gasteiger partial charge < -0.3 is 15.2 Å². The maximum atomic E-state index is 12.1. The van der Waals surface area contributed by atoms with Crippen molar-refractivity contribution in [3.05, 3.63) is 53.4 Å². The van der Waals surface area contributed by atoms with Gasteiger partial charge in [0.25, 0.3) is 5.91 Å². The summed E-state index contributed by atoms with van der Waals surface area (Å²) < 4.78 is 4.84. The maximum absolute atomic E-state index is 12.1. The smallest absolute Gasteiger partial charge is 0.274 e. The molecule has 2 amide bonds. The highest BCUT2D eigenvalue weighted by Crippen LogP contribution is 2.11. The van der Waals surface area contributed by atoms with Crippen LogP contribution in [0.3, 0.4) is 0 Å². The van der Waals surface area contributed by atoms with Crippen LogP contribution in [0.25, 0.3) is 0 Å². The Hall–Kier alpha value is -2.63. The van der Waals surface area contributed by atoms with Crippen LogP contribution in [0.2, 0.25) is 0 Å². The van der Waals surface area contributed by atoms with E-state index in [2.05, 4.69) is 15.8 Å². The minimum absolute atomic E-state index is 0.137. The van der Waals surface area contributed by atoms with Crippen molar-refractivity contribution in [2.75, 3.05) is 0 Å². The van der Waals surface area contributed by atoms with Gasteiger partial charge in [-0.2, -0.15) is 0 Å². The molecule has 1 aromatic carbocycles. The summed E-state index contributed by atoms with van der Waals surface area (Å²) in [5, 5.41) is 9.07. The average Bonchev–Trinajstić information content (AvgIpc) is 2.94. The molecule has 22 heavy (non-hydrogen) atoms. The van der Waals surface area contributed by atoms with E-state index < -0.39 is 11.9 Å². The first-order valence-electron chi connectivity index (χ1n) is 7.07. The molecule has 6 nitrogen and oxygen atoms in total. The van der Waals surface area contributed by atoms with Crippen molar-refractivity contribution in [1.82, 2.24) is 15.8 Å². The van der Waals surface area contributed by atoms with Gasteiger partial charge >= 0.3 is 0 Å². The summed E-state index contributed by atoms with van der Waals surface area (Å²) >= 11 is 0. The summed E-state index contributed by atoms with van der Waals surface area (Å²) in [4.78, 5) is 24.0. The van der Waals surface area contributed by atoms with E-state index in [0.29, 0.717) is 5.76 Å². The van der Waals surface area contributed by atoms with Crippen LogP contribution in [0, 0.1) is 6.92 Å². The molecular weight excluding hydrogens is 282 g/mol. The van der Waals surface area contributed by atoms with Gasteiger partial charge in [0, 0.05) is 6.07 Å². The zero-order chi connectivity index (χ0) is 16.1. The first-order valence-corrected chi connectivity index (χ1v) is 7.07. The van der Waals surface area contributed by atoms with E-state index in [1.165, 1.54) is 6.07 Å². The lowest BCUT2D eigenvalue weighted by molar-refractivity contribution is -0.123. The van der Waals surface area contributed by atoms with E-state index in [-0.39, 0.29) is 17.6 Å². The fourth-order valence-electron chi connectivity index (χ4n) is 1.97. The highest BCUT2D eigenvalue weighted by molar-refractivity contribution is 5.95. The minimum Gasteiger partial charge on any atom is -0.361 e. The number of aromatic nitrogens is 1. The molecule has 0 spiro atoms. The summed E-state index contributed by atoms with van der Waals surface area (Å²) in [7, 11) is 0. The van der Waals surface area contributed by atoms with Gasteiger partial charge in [-0.3, -0.25) is 9.59 Å². The Bertz CT molecular complexity index is 652. The topological polar surface area (TPSA) is 84.2 Å². The summed E-state index contributed by atoms with van der Waals surface area (Å²) in [6.45, 7) is 5.21. The number of hydrogen-bond acceptors (Lipinski definition) is 4. The molecule has 2 unspecified atom stereocenters. The van der Waals surface area contributed by atoms with Crippen LogP contribution in [0.1, 0.15) is 41.7 Å². The average molecular weight is 301 g/mol. The number of rotatable bonds is 5. The second-order valence-corrected chi connectivity index (χ2v) is 5.16. The number of nitrogens with one attached hydrogen (secondary N) is 2. The van der Waals surface area contributed by atoms with Crippen molar-refractivity contribution in [3.63, 3.8) is 0 Å². The number of carbonyl (C=O) groups is 2. The third kappa shape index (κ3) is 3.94. The molecule has 2 atom stereocenters. The summed E-state index contributed by atoms with van der Waals surface area (Å²) in [5.74, 6) is -0.156. The molecule has 116 valence electrons. The lowest BCUT2D eigenvalue weighted by atomic mass is 10.1. The first-order chi connectivity index (χ1) is 10.5. The van der Waals surface area contributed by atoms with Crippen LogP contribution in [0.4, 0.5) is 0 Å². The molecule has 2 rings (SSSR count). The molecule has 0 saturated heterocycles. The van der Waals surface area contributed by atoms with Crippen LogP contribution in [-0.4, -0.2) is 23.0 Å². The predicted molar refractivity (Wildman–Crippen MR) is 81.2 cm³/mol. The zero-order valence-corrected chi connectivity index (χ0v) is 12.8. The number of aryl methyl sites for hydroxylation is 1. The third-order valence-electron chi connectivity index (χ3n) is 3.26. The molecule has 0 radical (unpaired) electrons. The van der Waals surface area contributed by atoms with Gasteiger partial charge in [-0.25, -0.2) is 0 Å². The van der Waals surface area contributed by atoms with Crippen molar-refractivity contribution in [2.24, 2.45) is 0 Å². The molecule has 0 aliphatic rings. The number of carbonyl (C=O) groups excluding carboxylic acids is 2. The van der Waals surface area contributed by atoms with E-state index in [9.17, 15) is 9.59 Å². The molecule has 0 aliphatic carbocycles. The second kappa shape index (κ2) is 6.89. The Morgan fingerprint density at radius 2 is 1.82 bits per heavy atom. The molecular formula is C16H19N3O3. The fraction of sp³-hybridized carbons (Fsp3) is 0.312. The number of amides is 2. The minimum atomic E-state index is -0.671. The molecule has 2 aromatic rings. The van der Waals surface area contributed by atoms with Crippen molar-refractivity contribution in [2.45, 2.75) is 32.9 Å². The van der Waals surface area contributed by atoms with Crippen LogP contribution >= 0.6 is 0 Å². The van der Waals surface area contributed by atoms with E-state index in [1.54, 1.807) is 13.8 Å². The van der Waals surface area contributed by atoms with Crippen molar-refractivity contribution >= 4 is 11.8 Å². The summed E-state index contributed by atoms with van der Waals surface area (Å²) in [5.41, 5.74) is 1.16. The number of nitrogens with zero attached hydrogens (tertiary/aromatic N) is 1. The van der Waals surface area contributed by atoms with E-state index in [1.807, 2.05) is 37.3 Å². The van der Waals surface area contributed by atoms with Crippen LogP contribution < -0.4 is 10.6 Å². The monoisotopic (exact) mass is 301 g/mol. The van der Waals surface area contributed by atoms with E-state index >= 15 is 0 Å². The van der Waals surface area contributed by atoms with Crippen LogP contribution in [0.5, 0.6) is 0 Å². The maximum Gasteiger partial charge on any atom is 0.274 e. The highest BCUT2D eigenvalue weighted by Gasteiger charge is 2.20.